The maximum Gasteiger partial charge on any atom is 0.305 e. The largest absolute Gasteiger partial charge is 0.481 e. The van der Waals surface area contributed by atoms with Crippen LogP contribution < -0.4 is 0 Å². The van der Waals surface area contributed by atoms with Gasteiger partial charge in [0.05, 0.1) is 39.0 Å². The second-order valence-corrected chi connectivity index (χ2v) is 3.63. The minimum absolute atomic E-state index is 0.0130. The van der Waals surface area contributed by atoms with Gasteiger partial charge in [0.15, 0.2) is 0 Å². The van der Waals surface area contributed by atoms with E-state index in [-0.39, 0.29) is 13.0 Å². The molecule has 0 aromatic carbocycles. The molecule has 5 nitrogen and oxygen atoms in total. The Balaban J connectivity index is 3.11. The first-order chi connectivity index (χ1) is 7.66. The van der Waals surface area contributed by atoms with Crippen molar-refractivity contribution in [1.29, 1.82) is 0 Å². The quantitative estimate of drug-likeness (QED) is 0.522. The highest BCUT2D eigenvalue weighted by molar-refractivity contribution is 5.66. The van der Waals surface area contributed by atoms with Crippen molar-refractivity contribution in [2.45, 2.75) is 38.7 Å². The van der Waals surface area contributed by atoms with E-state index < -0.39 is 12.1 Å². The van der Waals surface area contributed by atoms with E-state index in [2.05, 4.69) is 6.92 Å². The van der Waals surface area contributed by atoms with Crippen LogP contribution in [0.4, 0.5) is 0 Å². The fraction of sp³-hybridized carbons (Fsp3) is 0.909. The van der Waals surface area contributed by atoms with E-state index >= 15 is 0 Å². The van der Waals surface area contributed by atoms with E-state index in [1.165, 1.54) is 0 Å². The van der Waals surface area contributed by atoms with Crippen molar-refractivity contribution in [1.82, 2.24) is 0 Å². The van der Waals surface area contributed by atoms with Crippen LogP contribution in [0.15, 0.2) is 0 Å². The van der Waals surface area contributed by atoms with Crippen molar-refractivity contribution in [2.24, 2.45) is 0 Å². The summed E-state index contributed by atoms with van der Waals surface area (Å²) in [4.78, 5) is 10.1. The lowest BCUT2D eigenvalue weighted by molar-refractivity contribution is -0.138. The number of carboxylic acids is 1. The Bertz CT molecular complexity index is 172. The van der Waals surface area contributed by atoms with Gasteiger partial charge in [-0.25, -0.2) is 0 Å². The van der Waals surface area contributed by atoms with Crippen LogP contribution in [0.3, 0.4) is 0 Å². The third-order valence-corrected chi connectivity index (χ3v) is 2.03. The molecule has 16 heavy (non-hydrogen) atoms. The Morgan fingerprint density at radius 2 is 1.94 bits per heavy atom. The molecule has 2 N–H and O–H groups in total. The topological polar surface area (TPSA) is 76.0 Å². The molecule has 0 aliphatic rings. The molecule has 0 aromatic rings. The molecule has 0 aromatic heterocycles. The van der Waals surface area contributed by atoms with Gasteiger partial charge in [-0.2, -0.15) is 0 Å². The molecule has 5 heteroatoms. The lowest BCUT2D eigenvalue weighted by Gasteiger charge is -2.10. The van der Waals surface area contributed by atoms with Crippen molar-refractivity contribution in [3.8, 4) is 0 Å². The summed E-state index contributed by atoms with van der Waals surface area (Å²) >= 11 is 0. The van der Waals surface area contributed by atoms with E-state index in [1.54, 1.807) is 0 Å². The Labute approximate surface area is 96.4 Å². The van der Waals surface area contributed by atoms with Crippen molar-refractivity contribution >= 4 is 5.97 Å². The van der Waals surface area contributed by atoms with Crippen LogP contribution >= 0.6 is 0 Å². The van der Waals surface area contributed by atoms with Crippen LogP contribution in [0.1, 0.15) is 32.6 Å². The fourth-order valence-electron chi connectivity index (χ4n) is 1.12. The highest BCUT2D eigenvalue weighted by Gasteiger charge is 2.03. The standard InChI is InChI=1S/C11H22O5/c1-2-3-4-10(12)9-16-8-7-15-6-5-11(13)14/h10,12H,2-9H2,1H3,(H,13,14). The third-order valence-electron chi connectivity index (χ3n) is 2.03. The smallest absolute Gasteiger partial charge is 0.305 e. The van der Waals surface area contributed by atoms with Gasteiger partial charge >= 0.3 is 5.97 Å². The molecule has 0 saturated carbocycles. The van der Waals surface area contributed by atoms with Crippen LogP contribution in [0.25, 0.3) is 0 Å². The van der Waals surface area contributed by atoms with Gasteiger partial charge in [0, 0.05) is 0 Å². The van der Waals surface area contributed by atoms with E-state index in [0.29, 0.717) is 19.8 Å². The number of aliphatic carboxylic acids is 1. The molecule has 0 aliphatic heterocycles. The summed E-state index contributed by atoms with van der Waals surface area (Å²) in [7, 11) is 0. The number of hydrogen-bond donors (Lipinski definition) is 2. The van der Waals surface area contributed by atoms with E-state index in [4.69, 9.17) is 14.6 Å². The summed E-state index contributed by atoms with van der Waals surface area (Å²) in [6.45, 7) is 3.36. The molecule has 0 saturated heterocycles. The lowest BCUT2D eigenvalue weighted by atomic mass is 10.2. The summed E-state index contributed by atoms with van der Waals surface area (Å²) in [5.74, 6) is -0.865. The second-order valence-electron chi connectivity index (χ2n) is 3.63. The normalized spacial score (nSPS) is 12.6. The lowest BCUT2D eigenvalue weighted by Crippen LogP contribution is -2.17. The van der Waals surface area contributed by atoms with Crippen molar-refractivity contribution in [2.75, 3.05) is 26.4 Å². The van der Waals surface area contributed by atoms with Crippen molar-refractivity contribution in [3.05, 3.63) is 0 Å². The third kappa shape index (κ3) is 11.4. The molecule has 1 atom stereocenters. The number of ether oxygens (including phenoxy) is 2. The molecular formula is C11H22O5. The maximum atomic E-state index is 10.1. The number of carbonyl (C=O) groups is 1. The van der Waals surface area contributed by atoms with Gasteiger partial charge in [0.1, 0.15) is 0 Å². The monoisotopic (exact) mass is 234 g/mol. The summed E-state index contributed by atoms with van der Waals surface area (Å²) < 4.78 is 10.2. The summed E-state index contributed by atoms with van der Waals surface area (Å²) in [6, 6.07) is 0. The minimum atomic E-state index is -0.865. The van der Waals surface area contributed by atoms with Gasteiger partial charge < -0.3 is 19.7 Å². The number of rotatable bonds is 11. The number of hydrogen-bond acceptors (Lipinski definition) is 4. The zero-order valence-corrected chi connectivity index (χ0v) is 9.85. The van der Waals surface area contributed by atoms with Gasteiger partial charge in [-0.05, 0) is 6.42 Å². The molecule has 0 heterocycles. The first kappa shape index (κ1) is 15.3. The number of unbranched alkanes of at least 4 members (excludes halogenated alkanes) is 1. The van der Waals surface area contributed by atoms with E-state index in [1.807, 2.05) is 0 Å². The highest BCUT2D eigenvalue weighted by atomic mass is 16.5. The molecule has 0 bridgehead atoms. The Kier molecular flexibility index (Phi) is 10.4. The minimum Gasteiger partial charge on any atom is -0.481 e. The molecule has 0 rings (SSSR count). The Morgan fingerprint density at radius 3 is 2.56 bits per heavy atom. The zero-order chi connectivity index (χ0) is 12.2. The maximum absolute atomic E-state index is 10.1. The molecular weight excluding hydrogens is 212 g/mol. The zero-order valence-electron chi connectivity index (χ0n) is 9.85. The second kappa shape index (κ2) is 10.9. The molecule has 0 radical (unpaired) electrons. The van der Waals surface area contributed by atoms with Gasteiger partial charge in [-0.3, -0.25) is 4.79 Å². The summed E-state index contributed by atoms with van der Waals surface area (Å²) in [5, 5.41) is 17.7. The first-order valence-electron chi connectivity index (χ1n) is 5.72. The molecule has 1 unspecified atom stereocenters. The molecule has 0 fully saturated rings. The number of aliphatic hydroxyl groups excluding tert-OH is 1. The van der Waals surface area contributed by atoms with Crippen molar-refractivity contribution in [3.63, 3.8) is 0 Å². The molecule has 96 valence electrons. The van der Waals surface area contributed by atoms with E-state index in [0.717, 1.165) is 19.3 Å². The van der Waals surface area contributed by atoms with Gasteiger partial charge in [0.2, 0.25) is 0 Å². The van der Waals surface area contributed by atoms with Crippen LogP contribution in [0.5, 0.6) is 0 Å². The van der Waals surface area contributed by atoms with Gasteiger partial charge in [-0.15, -0.1) is 0 Å². The molecule has 0 amide bonds. The van der Waals surface area contributed by atoms with E-state index in [9.17, 15) is 9.90 Å². The van der Waals surface area contributed by atoms with Gasteiger partial charge in [-0.1, -0.05) is 19.8 Å². The summed E-state index contributed by atoms with van der Waals surface area (Å²) in [6.07, 6.45) is 2.43. The highest BCUT2D eigenvalue weighted by Crippen LogP contribution is 2.00. The predicted octanol–water partition coefficient (Wildman–Crippen LogP) is 1.05. The summed E-state index contributed by atoms with van der Waals surface area (Å²) in [5.41, 5.74) is 0. The SMILES string of the molecule is CCCCC(O)COCCOCCC(=O)O. The van der Waals surface area contributed by atoms with Crippen LogP contribution in [-0.4, -0.2) is 48.7 Å². The Hall–Kier alpha value is -0.650. The first-order valence-corrected chi connectivity index (χ1v) is 5.72. The molecule has 0 aliphatic carbocycles. The average Bonchev–Trinajstić information content (AvgIpc) is 2.24. The molecule has 0 spiro atoms. The fourth-order valence-corrected chi connectivity index (χ4v) is 1.12. The Morgan fingerprint density at radius 1 is 1.25 bits per heavy atom. The number of carboxylic acid groups (broad SMARTS) is 1. The van der Waals surface area contributed by atoms with Crippen LogP contribution in [-0.2, 0) is 14.3 Å². The predicted molar refractivity (Wildman–Crippen MR) is 59.4 cm³/mol. The van der Waals surface area contributed by atoms with Crippen molar-refractivity contribution < 1.29 is 24.5 Å². The van der Waals surface area contributed by atoms with Crippen LogP contribution in [0, 0.1) is 0 Å². The average molecular weight is 234 g/mol. The number of aliphatic hydroxyl groups is 1. The van der Waals surface area contributed by atoms with Gasteiger partial charge in [0.25, 0.3) is 0 Å². The van der Waals surface area contributed by atoms with Crippen LogP contribution in [0.2, 0.25) is 0 Å².